The predicted molar refractivity (Wildman–Crippen MR) is 227 cm³/mol. The van der Waals surface area contributed by atoms with E-state index >= 15 is 0 Å². The number of likely N-dealkylation sites (tertiary alicyclic amines) is 1. The number of pyridine rings is 1. The van der Waals surface area contributed by atoms with Gasteiger partial charge in [0.15, 0.2) is 0 Å². The maximum atomic E-state index is 13.8. The summed E-state index contributed by atoms with van der Waals surface area (Å²) in [5.41, 5.74) is 3.20. The monoisotopic (exact) mass is 849 g/mol. The largest absolute Gasteiger partial charge is 0.488 e. The van der Waals surface area contributed by atoms with Gasteiger partial charge in [-0.3, -0.25) is 34.0 Å². The van der Waals surface area contributed by atoms with E-state index in [1.54, 1.807) is 45.7 Å². The molecule has 5 aliphatic heterocycles. The van der Waals surface area contributed by atoms with Crippen LogP contribution in [0.2, 0.25) is 0 Å². The Morgan fingerprint density at radius 1 is 0.820 bits per heavy atom. The Hall–Kier alpha value is -5.39. The minimum atomic E-state index is -3.73. The molecule has 320 valence electrons. The summed E-state index contributed by atoms with van der Waals surface area (Å²) in [4.78, 5) is 66.0. The van der Waals surface area contributed by atoms with Gasteiger partial charge in [0.1, 0.15) is 23.5 Å². The number of sulfonamides is 1. The van der Waals surface area contributed by atoms with Gasteiger partial charge in [-0.05, 0) is 86.9 Å². The van der Waals surface area contributed by atoms with Gasteiger partial charge in [0.05, 0.1) is 4.90 Å². The summed E-state index contributed by atoms with van der Waals surface area (Å²) in [6.45, 7) is 4.39. The summed E-state index contributed by atoms with van der Waals surface area (Å²) < 4.78 is 37.3. The van der Waals surface area contributed by atoms with Crippen molar-refractivity contribution in [3.8, 4) is 5.75 Å². The first-order valence-corrected chi connectivity index (χ1v) is 23.2. The number of nitrogens with zero attached hydrogens (tertiary/aromatic N) is 7. The molecule has 5 fully saturated rings. The Morgan fingerprint density at radius 3 is 2.38 bits per heavy atom. The molecule has 61 heavy (non-hydrogen) atoms. The van der Waals surface area contributed by atoms with Crippen molar-refractivity contribution in [2.75, 3.05) is 49.5 Å². The normalized spacial score (nSPS) is 22.8. The van der Waals surface area contributed by atoms with Crippen molar-refractivity contribution in [1.29, 1.82) is 0 Å². The van der Waals surface area contributed by atoms with E-state index in [1.165, 1.54) is 0 Å². The van der Waals surface area contributed by atoms with Crippen LogP contribution >= 0.6 is 0 Å². The van der Waals surface area contributed by atoms with E-state index in [0.717, 1.165) is 81.3 Å². The van der Waals surface area contributed by atoms with E-state index in [1.807, 2.05) is 22.8 Å². The number of carbonyl (C=O) groups excluding carboxylic acids is 3. The number of ether oxygens (including phenoxy) is 1. The van der Waals surface area contributed by atoms with Gasteiger partial charge in [-0.25, -0.2) is 13.4 Å². The van der Waals surface area contributed by atoms with Crippen molar-refractivity contribution >= 4 is 50.4 Å². The lowest BCUT2D eigenvalue weighted by atomic mass is 9.97. The topological polar surface area (TPSA) is 179 Å². The van der Waals surface area contributed by atoms with E-state index in [0.29, 0.717) is 67.8 Å². The predicted octanol–water partition coefficient (Wildman–Crippen LogP) is 3.66. The van der Waals surface area contributed by atoms with Gasteiger partial charge in [0.2, 0.25) is 27.8 Å². The molecule has 0 bridgehead atoms. The molecule has 17 heteroatoms. The highest BCUT2D eigenvalue weighted by atomic mass is 32.2. The zero-order valence-electron chi connectivity index (χ0n) is 34.1. The third kappa shape index (κ3) is 7.75. The fourth-order valence-corrected chi connectivity index (χ4v) is 11.7. The second-order valence-corrected chi connectivity index (χ2v) is 19.3. The van der Waals surface area contributed by atoms with Gasteiger partial charge in [-0.2, -0.15) is 9.29 Å². The number of piperidine rings is 3. The van der Waals surface area contributed by atoms with Gasteiger partial charge in [0, 0.05) is 105 Å². The fourth-order valence-electron chi connectivity index (χ4n) is 10.2. The molecule has 1 atom stereocenters. The van der Waals surface area contributed by atoms with Crippen molar-refractivity contribution in [3.63, 3.8) is 0 Å². The molecular weight excluding hydrogens is 799 g/mol. The average molecular weight is 850 g/mol. The van der Waals surface area contributed by atoms with Crippen LogP contribution in [-0.4, -0.2) is 118 Å². The Balaban J connectivity index is 0.692. The van der Waals surface area contributed by atoms with Crippen LogP contribution in [-0.2, 0) is 26.2 Å². The number of amides is 3. The molecule has 2 N–H and O–H groups in total. The minimum Gasteiger partial charge on any atom is -0.488 e. The first-order chi connectivity index (χ1) is 29.6. The van der Waals surface area contributed by atoms with Crippen LogP contribution in [0.3, 0.4) is 0 Å². The molecule has 1 saturated carbocycles. The van der Waals surface area contributed by atoms with Crippen molar-refractivity contribution in [2.45, 2.75) is 106 Å². The molecule has 7 heterocycles. The second-order valence-electron chi connectivity index (χ2n) is 17.4. The SMILES string of the molecule is O=C1CCC(N2Cc3cc(N4CCC(N5CC(Oc6cccc(S(=O)(=O)N7CCC(Nc8ncc9ccc(=O)n(C%10CCCC%10)c9n8)CC7)c6)C5)CC4)ccc3C2=O)C(=O)N1. The number of carbonyl (C=O) groups is 3. The Bertz CT molecular complexity index is 2540. The quantitative estimate of drug-likeness (QED) is 0.222. The number of fused-ring (bicyclic) bond motifs is 2. The van der Waals surface area contributed by atoms with Crippen molar-refractivity contribution in [3.05, 3.63) is 82.3 Å². The minimum absolute atomic E-state index is 0.00588. The highest BCUT2D eigenvalue weighted by molar-refractivity contribution is 7.89. The molecule has 0 spiro atoms. The van der Waals surface area contributed by atoms with Crippen molar-refractivity contribution < 1.29 is 27.5 Å². The summed E-state index contributed by atoms with van der Waals surface area (Å²) in [6.07, 6.45) is 9.62. The lowest BCUT2D eigenvalue weighted by Gasteiger charge is -2.47. The van der Waals surface area contributed by atoms with Crippen LogP contribution in [0.1, 0.15) is 86.2 Å². The zero-order valence-corrected chi connectivity index (χ0v) is 34.9. The molecule has 1 unspecified atom stereocenters. The lowest BCUT2D eigenvalue weighted by Crippen LogP contribution is -2.59. The number of hydrogen-bond acceptors (Lipinski definition) is 12. The van der Waals surface area contributed by atoms with Gasteiger partial charge in [-0.15, -0.1) is 0 Å². The van der Waals surface area contributed by atoms with E-state index in [2.05, 4.69) is 31.5 Å². The molecule has 2 aromatic carbocycles. The Kier molecular flexibility index (Phi) is 10.5. The number of imide groups is 1. The van der Waals surface area contributed by atoms with E-state index < -0.39 is 22.0 Å². The summed E-state index contributed by atoms with van der Waals surface area (Å²) in [6, 6.07) is 16.1. The van der Waals surface area contributed by atoms with Gasteiger partial charge in [-0.1, -0.05) is 18.9 Å². The Morgan fingerprint density at radius 2 is 1.61 bits per heavy atom. The number of benzene rings is 2. The second kappa shape index (κ2) is 16.1. The van der Waals surface area contributed by atoms with Crippen LogP contribution in [0.4, 0.5) is 11.6 Å². The van der Waals surface area contributed by atoms with Crippen LogP contribution in [0, 0.1) is 0 Å². The fraction of sp³-hybridized carbons (Fsp3) is 0.500. The molecule has 3 amide bonds. The molecule has 6 aliphatic rings. The van der Waals surface area contributed by atoms with Crippen LogP contribution in [0.25, 0.3) is 11.0 Å². The molecule has 1 aliphatic carbocycles. The van der Waals surface area contributed by atoms with Crippen molar-refractivity contribution in [1.82, 2.24) is 34.0 Å². The summed E-state index contributed by atoms with van der Waals surface area (Å²) in [5.74, 6) is 0.143. The summed E-state index contributed by atoms with van der Waals surface area (Å²) >= 11 is 0. The van der Waals surface area contributed by atoms with Crippen LogP contribution < -0.4 is 25.8 Å². The van der Waals surface area contributed by atoms with E-state index in [9.17, 15) is 27.6 Å². The van der Waals surface area contributed by atoms with E-state index in [-0.39, 0.29) is 46.9 Å². The first kappa shape index (κ1) is 39.7. The number of rotatable bonds is 10. The molecule has 4 aromatic rings. The molecule has 0 radical (unpaired) electrons. The molecule has 16 nitrogen and oxygen atoms in total. The number of nitrogens with one attached hydrogen (secondary N) is 2. The van der Waals surface area contributed by atoms with E-state index in [4.69, 9.17) is 9.72 Å². The summed E-state index contributed by atoms with van der Waals surface area (Å²) in [7, 11) is -3.73. The molecule has 2 aromatic heterocycles. The summed E-state index contributed by atoms with van der Waals surface area (Å²) in [5, 5.41) is 6.60. The highest BCUT2D eigenvalue weighted by Crippen LogP contribution is 2.34. The number of hydrogen-bond donors (Lipinski definition) is 2. The van der Waals surface area contributed by atoms with Gasteiger partial charge < -0.3 is 19.9 Å². The molecular formula is C44H51N9O7S. The van der Waals surface area contributed by atoms with Gasteiger partial charge in [0.25, 0.3) is 11.5 Å². The highest BCUT2D eigenvalue weighted by Gasteiger charge is 2.40. The zero-order chi connectivity index (χ0) is 41.8. The Labute approximate surface area is 354 Å². The van der Waals surface area contributed by atoms with Crippen LogP contribution in [0.5, 0.6) is 5.75 Å². The average Bonchev–Trinajstić information content (AvgIpc) is 3.90. The maximum absolute atomic E-state index is 13.8. The third-order valence-electron chi connectivity index (χ3n) is 13.6. The van der Waals surface area contributed by atoms with Crippen LogP contribution in [0.15, 0.2) is 70.5 Å². The standard InChI is InChI=1S/C44H51N9O7S/c54-39-12-11-38(42(56)47-39)52-25-29-22-33(9-10-37(29)43(52)57)49-18-16-31(17-19-49)50-26-35(27-50)60-34-6-3-7-36(23-34)61(58,59)51-20-14-30(15-21-51)46-44-45-24-28-8-13-40(55)53(41(28)48-44)32-4-1-2-5-32/h3,6-10,13,22-24,30-32,35,38H,1-2,4-5,11-12,14-21,25-27H2,(H,45,46,48)(H,47,54,56). The lowest BCUT2D eigenvalue weighted by molar-refractivity contribution is -0.136. The van der Waals surface area contributed by atoms with Crippen molar-refractivity contribution in [2.24, 2.45) is 0 Å². The smallest absolute Gasteiger partial charge is 0.255 e. The number of anilines is 2. The molecule has 4 saturated heterocycles. The third-order valence-corrected chi connectivity index (χ3v) is 15.5. The number of aromatic nitrogens is 3. The van der Waals surface area contributed by atoms with Gasteiger partial charge >= 0.3 is 0 Å². The first-order valence-electron chi connectivity index (χ1n) is 21.8. The maximum Gasteiger partial charge on any atom is 0.255 e. The molecule has 10 rings (SSSR count).